The number of aliphatic hydroxyl groups excluding tert-OH is 2. The number of likely N-dealkylation sites (N-methyl/N-ethyl adjacent to an activating group) is 1. The van der Waals surface area contributed by atoms with Gasteiger partial charge in [-0.15, -0.1) is 0 Å². The van der Waals surface area contributed by atoms with Crippen LogP contribution in [0.25, 0.3) is 5.76 Å². The summed E-state index contributed by atoms with van der Waals surface area (Å²) in [5, 5.41) is 54.9. The highest BCUT2D eigenvalue weighted by molar-refractivity contribution is 6.24. The first-order valence-corrected chi connectivity index (χ1v) is 9.97. The summed E-state index contributed by atoms with van der Waals surface area (Å²) in [7, 11) is 3.01. The second kappa shape index (κ2) is 6.64. The zero-order valence-corrected chi connectivity index (χ0v) is 17.7. The van der Waals surface area contributed by atoms with Crippen molar-refractivity contribution in [2.24, 2.45) is 17.6 Å². The van der Waals surface area contributed by atoms with Crippen LogP contribution in [0.3, 0.4) is 0 Å². The average Bonchev–Trinajstić information content (AvgIpc) is 2.68. The minimum atomic E-state index is -2.75. The molecular formula is C22H24N2O8. The summed E-state index contributed by atoms with van der Waals surface area (Å²) in [5.41, 5.74) is -0.548. The van der Waals surface area contributed by atoms with E-state index in [4.69, 9.17) is 5.73 Å². The Morgan fingerprint density at radius 1 is 1.16 bits per heavy atom. The van der Waals surface area contributed by atoms with E-state index in [1.54, 1.807) is 0 Å². The zero-order valence-electron chi connectivity index (χ0n) is 17.7. The Morgan fingerprint density at radius 3 is 2.34 bits per heavy atom. The quantitative estimate of drug-likeness (QED) is 0.332. The normalized spacial score (nSPS) is 34.4. The highest BCUT2D eigenvalue weighted by atomic mass is 16.3. The zero-order chi connectivity index (χ0) is 23.9. The second-order valence-corrected chi connectivity index (χ2v) is 8.96. The standard InChI is InChI=1S/C22H24N2O8/c1-21(31)8-5-4-6-11(25)12(8)16(26)13-9(21)7-10-15(24(2)3)17(27)14(20(23)30)19(29)22(10,32)18(13)28/h4-6,9-10,15,25-26,29,31-32H,7H2,1-3H3,(H2,23,30)/t9?,10-,15-,21-,22-/m0/s1. The van der Waals surface area contributed by atoms with Crippen molar-refractivity contribution in [2.45, 2.75) is 30.6 Å². The predicted octanol–water partition coefficient (Wildman–Crippen LogP) is -0.371. The van der Waals surface area contributed by atoms with Gasteiger partial charge in [0.05, 0.1) is 17.2 Å². The summed E-state index contributed by atoms with van der Waals surface area (Å²) >= 11 is 0. The Balaban J connectivity index is 2.05. The Morgan fingerprint density at radius 2 is 1.78 bits per heavy atom. The molecule has 1 aromatic carbocycles. The summed E-state index contributed by atoms with van der Waals surface area (Å²) < 4.78 is 0. The van der Waals surface area contributed by atoms with E-state index in [9.17, 15) is 39.9 Å². The molecule has 170 valence electrons. The second-order valence-electron chi connectivity index (χ2n) is 8.96. The third-order valence-electron chi connectivity index (χ3n) is 7.02. The molecule has 1 saturated carbocycles. The molecule has 0 heterocycles. The summed E-state index contributed by atoms with van der Waals surface area (Å²) in [6.45, 7) is 1.40. The third-order valence-corrected chi connectivity index (χ3v) is 7.02. The van der Waals surface area contributed by atoms with Crippen LogP contribution in [0.1, 0.15) is 24.5 Å². The summed E-state index contributed by atoms with van der Waals surface area (Å²) in [5.74, 6) is -7.90. The predicted molar refractivity (Wildman–Crippen MR) is 110 cm³/mol. The van der Waals surface area contributed by atoms with Crippen molar-refractivity contribution in [1.82, 2.24) is 4.90 Å². The van der Waals surface area contributed by atoms with Gasteiger partial charge in [0.2, 0.25) is 5.78 Å². The molecule has 0 radical (unpaired) electrons. The molecule has 10 heteroatoms. The fourth-order valence-electron chi connectivity index (χ4n) is 5.50. The van der Waals surface area contributed by atoms with E-state index in [2.05, 4.69) is 0 Å². The van der Waals surface area contributed by atoms with Crippen molar-refractivity contribution < 1.29 is 39.9 Å². The van der Waals surface area contributed by atoms with Crippen LogP contribution in [-0.2, 0) is 20.0 Å². The number of primary amides is 1. The van der Waals surface area contributed by atoms with Crippen LogP contribution >= 0.6 is 0 Å². The highest BCUT2D eigenvalue weighted by Gasteiger charge is 2.66. The van der Waals surface area contributed by atoms with Gasteiger partial charge in [-0.1, -0.05) is 12.1 Å². The minimum absolute atomic E-state index is 0.170. The molecule has 3 aliphatic carbocycles. The Hall–Kier alpha value is -3.21. The first-order chi connectivity index (χ1) is 14.8. The van der Waals surface area contributed by atoms with Gasteiger partial charge in [-0.25, -0.2) is 0 Å². The lowest BCUT2D eigenvalue weighted by atomic mass is 9.54. The molecule has 0 spiro atoms. The van der Waals surface area contributed by atoms with Gasteiger partial charge in [-0.05, 0) is 39.1 Å². The van der Waals surface area contributed by atoms with Crippen molar-refractivity contribution >= 4 is 23.2 Å². The molecule has 1 aromatic rings. The molecule has 4 rings (SSSR count). The monoisotopic (exact) mass is 444 g/mol. The van der Waals surface area contributed by atoms with Crippen LogP contribution in [0.4, 0.5) is 0 Å². The van der Waals surface area contributed by atoms with Crippen LogP contribution < -0.4 is 5.73 Å². The number of benzene rings is 1. The first kappa shape index (κ1) is 22.0. The topological polar surface area (TPSA) is 182 Å². The molecule has 0 aliphatic heterocycles. The van der Waals surface area contributed by atoms with Crippen LogP contribution in [0, 0.1) is 11.8 Å². The van der Waals surface area contributed by atoms with E-state index in [-0.39, 0.29) is 17.5 Å². The van der Waals surface area contributed by atoms with Crippen LogP contribution in [0.5, 0.6) is 5.75 Å². The Labute approximate surface area is 182 Å². The number of nitrogens with two attached hydrogens (primary N) is 1. The number of fused-ring (bicyclic) bond motifs is 3. The maximum Gasteiger partial charge on any atom is 0.255 e. The number of ketones is 2. The maximum atomic E-state index is 13.7. The number of aliphatic hydroxyl groups is 4. The number of Topliss-reactive ketones (excluding diaryl/α,β-unsaturated/α-hetero) is 2. The molecule has 1 fully saturated rings. The summed E-state index contributed by atoms with van der Waals surface area (Å²) in [4.78, 5) is 40.0. The number of rotatable bonds is 2. The average molecular weight is 444 g/mol. The first-order valence-electron chi connectivity index (χ1n) is 9.97. The smallest absolute Gasteiger partial charge is 0.255 e. The fraction of sp³-hybridized carbons (Fsp3) is 0.409. The van der Waals surface area contributed by atoms with E-state index >= 15 is 0 Å². The molecule has 0 saturated heterocycles. The minimum Gasteiger partial charge on any atom is -0.508 e. The molecule has 3 aliphatic rings. The number of hydrogen-bond acceptors (Lipinski definition) is 9. The van der Waals surface area contributed by atoms with E-state index in [1.807, 2.05) is 0 Å². The molecule has 1 unspecified atom stereocenters. The van der Waals surface area contributed by atoms with Crippen molar-refractivity contribution in [3.63, 3.8) is 0 Å². The number of hydrogen-bond donors (Lipinski definition) is 6. The number of nitrogens with zero attached hydrogens (tertiary/aromatic N) is 1. The van der Waals surface area contributed by atoms with E-state index < -0.39 is 75.0 Å². The van der Waals surface area contributed by atoms with E-state index in [0.717, 1.165) is 0 Å². The van der Waals surface area contributed by atoms with Crippen molar-refractivity contribution in [2.75, 3.05) is 14.1 Å². The van der Waals surface area contributed by atoms with Crippen molar-refractivity contribution in [3.05, 3.63) is 46.2 Å². The lowest BCUT2D eigenvalue weighted by Crippen LogP contribution is -2.67. The van der Waals surface area contributed by atoms with Gasteiger partial charge in [-0.3, -0.25) is 19.3 Å². The molecule has 5 atom stereocenters. The van der Waals surface area contributed by atoms with Crippen LogP contribution in [0.15, 0.2) is 35.1 Å². The summed E-state index contributed by atoms with van der Waals surface area (Å²) in [6, 6.07) is 3.02. The third kappa shape index (κ3) is 2.48. The van der Waals surface area contributed by atoms with Gasteiger partial charge < -0.3 is 31.3 Å². The number of phenols is 1. The van der Waals surface area contributed by atoms with Gasteiger partial charge in [0, 0.05) is 17.4 Å². The SMILES string of the molecule is CN(C)[C@@H]1C(=O)C(C(N)=O)=C(O)[C@@]2(O)C(=O)C3=C(O)c4c(O)cccc4[C@](C)(O)C3C[C@@H]12. The number of amides is 1. The van der Waals surface area contributed by atoms with Gasteiger partial charge in [0.1, 0.15) is 22.8 Å². The molecule has 1 amide bonds. The molecule has 0 aromatic heterocycles. The van der Waals surface area contributed by atoms with Crippen molar-refractivity contribution in [3.8, 4) is 5.75 Å². The Bertz CT molecular complexity index is 1150. The molecule has 7 N–H and O–H groups in total. The molecule has 0 bridgehead atoms. The molecule has 10 nitrogen and oxygen atoms in total. The fourth-order valence-corrected chi connectivity index (χ4v) is 5.50. The van der Waals surface area contributed by atoms with Gasteiger partial charge in [0.25, 0.3) is 5.91 Å². The summed E-state index contributed by atoms with van der Waals surface area (Å²) in [6.07, 6.45) is -0.200. The van der Waals surface area contributed by atoms with Gasteiger partial charge in [-0.2, -0.15) is 0 Å². The number of carbonyl (C=O) groups is 3. The Kier molecular flexibility index (Phi) is 4.57. The highest BCUT2D eigenvalue weighted by Crippen LogP contribution is 2.57. The van der Waals surface area contributed by atoms with E-state index in [0.29, 0.717) is 0 Å². The molecular weight excluding hydrogens is 420 g/mol. The largest absolute Gasteiger partial charge is 0.508 e. The lowest BCUT2D eigenvalue weighted by Gasteiger charge is -2.53. The lowest BCUT2D eigenvalue weighted by molar-refractivity contribution is -0.159. The van der Waals surface area contributed by atoms with Crippen molar-refractivity contribution in [1.29, 1.82) is 0 Å². The van der Waals surface area contributed by atoms with Gasteiger partial charge >= 0.3 is 0 Å². The molecule has 32 heavy (non-hydrogen) atoms. The van der Waals surface area contributed by atoms with Gasteiger partial charge in [0.15, 0.2) is 11.4 Å². The number of aromatic hydroxyl groups is 1. The maximum absolute atomic E-state index is 13.7. The number of carbonyl (C=O) groups excluding carboxylic acids is 3. The van der Waals surface area contributed by atoms with E-state index in [1.165, 1.54) is 44.1 Å². The number of phenolic OH excluding ortho intramolecular Hbond substituents is 1. The van der Waals surface area contributed by atoms with Crippen LogP contribution in [-0.4, -0.2) is 73.6 Å². The van der Waals surface area contributed by atoms with Crippen LogP contribution in [0.2, 0.25) is 0 Å².